The van der Waals surface area contributed by atoms with Crippen molar-refractivity contribution in [2.75, 3.05) is 0 Å². The molecule has 3 aromatic carbocycles. The van der Waals surface area contributed by atoms with Gasteiger partial charge in [0.05, 0.1) is 0 Å². The third-order valence-electron chi connectivity index (χ3n) is 4.96. The maximum atomic E-state index is 2.40. The van der Waals surface area contributed by atoms with Crippen LogP contribution in [-0.4, -0.2) is 0 Å². The topological polar surface area (TPSA) is 0 Å². The van der Waals surface area contributed by atoms with Crippen molar-refractivity contribution in [3.05, 3.63) is 83.8 Å². The van der Waals surface area contributed by atoms with E-state index >= 15 is 0 Å². The second-order valence-electron chi connectivity index (χ2n) is 6.66. The van der Waals surface area contributed by atoms with Gasteiger partial charge >= 0.3 is 0 Å². The molecule has 24 heavy (non-hydrogen) atoms. The summed E-state index contributed by atoms with van der Waals surface area (Å²) in [5, 5.41) is 2.64. The first-order chi connectivity index (χ1) is 11.9. The zero-order valence-corrected chi connectivity index (χ0v) is 14.3. The molecule has 0 unspecified atom stereocenters. The number of benzene rings is 3. The van der Waals surface area contributed by atoms with Crippen molar-refractivity contribution < 1.29 is 0 Å². The first kappa shape index (κ1) is 15.2. The van der Waals surface area contributed by atoms with E-state index in [4.69, 9.17) is 0 Å². The zero-order valence-electron chi connectivity index (χ0n) is 14.3. The molecule has 1 radical (unpaired) electrons. The Morgan fingerprint density at radius 1 is 0.750 bits per heavy atom. The van der Waals surface area contributed by atoms with Gasteiger partial charge < -0.3 is 0 Å². The third kappa shape index (κ3) is 2.78. The van der Waals surface area contributed by atoms with E-state index in [0.717, 1.165) is 0 Å². The molecule has 0 amide bonds. The van der Waals surface area contributed by atoms with Crippen LogP contribution in [0, 0.1) is 6.42 Å². The maximum absolute atomic E-state index is 2.40. The van der Waals surface area contributed by atoms with E-state index < -0.39 is 0 Å². The highest BCUT2D eigenvalue weighted by molar-refractivity contribution is 5.99. The molecule has 0 saturated heterocycles. The summed E-state index contributed by atoms with van der Waals surface area (Å²) in [7, 11) is 0. The Balaban J connectivity index is 1.77. The number of fused-ring (bicyclic) bond motifs is 2. The largest absolute Gasteiger partial charge is 0.0654 e. The van der Waals surface area contributed by atoms with Crippen LogP contribution in [0.25, 0.3) is 28.0 Å². The highest BCUT2D eigenvalue weighted by Crippen LogP contribution is 2.38. The van der Waals surface area contributed by atoms with Gasteiger partial charge in [-0.1, -0.05) is 92.1 Å². The Kier molecular flexibility index (Phi) is 4.21. The van der Waals surface area contributed by atoms with Crippen molar-refractivity contribution >= 4 is 16.8 Å². The van der Waals surface area contributed by atoms with Gasteiger partial charge in [-0.2, -0.15) is 0 Å². The Morgan fingerprint density at radius 3 is 2.46 bits per heavy atom. The molecule has 0 spiro atoms. The summed E-state index contributed by atoms with van der Waals surface area (Å²) in [5.41, 5.74) is 6.92. The molecule has 0 atom stereocenters. The molecule has 0 fully saturated rings. The number of allylic oxidation sites excluding steroid dienone is 1. The molecule has 0 nitrogen and oxygen atoms in total. The standard InChI is InChI=1S/C24H23/c1-2-3-4-9-18-16-20-12-8-15-23(24(20)17-18)22-14-7-11-19-10-5-6-13-21(19)22/h5-8,10-17H,2-4,9H2,1H3. The molecule has 1 aliphatic rings. The first-order valence-electron chi connectivity index (χ1n) is 9.03. The van der Waals surface area contributed by atoms with Crippen LogP contribution in [0.3, 0.4) is 0 Å². The lowest BCUT2D eigenvalue weighted by Gasteiger charge is -2.11. The molecular formula is C24H23. The number of unbranched alkanes of at least 4 members (excludes halogenated alkanes) is 2. The molecule has 0 heterocycles. The molecule has 4 rings (SSSR count). The summed E-state index contributed by atoms with van der Waals surface area (Å²) in [4.78, 5) is 0. The minimum absolute atomic E-state index is 1.19. The summed E-state index contributed by atoms with van der Waals surface area (Å²) in [6.45, 7) is 2.26. The Hall–Kier alpha value is -2.34. The SMILES string of the molecule is CCCCCC1=Cc2c(cccc2-c2cccc3ccccc23)[CH]1. The van der Waals surface area contributed by atoms with E-state index in [2.05, 4.69) is 80.1 Å². The van der Waals surface area contributed by atoms with E-state index in [9.17, 15) is 0 Å². The van der Waals surface area contributed by atoms with E-state index in [1.165, 1.54) is 64.3 Å². The van der Waals surface area contributed by atoms with Crippen molar-refractivity contribution in [2.24, 2.45) is 0 Å². The van der Waals surface area contributed by atoms with E-state index in [-0.39, 0.29) is 0 Å². The van der Waals surface area contributed by atoms with Gasteiger partial charge in [0.25, 0.3) is 0 Å². The highest BCUT2D eigenvalue weighted by Gasteiger charge is 2.17. The quantitative estimate of drug-likeness (QED) is 0.443. The third-order valence-corrected chi connectivity index (χ3v) is 4.96. The molecule has 0 N–H and O–H groups in total. The second kappa shape index (κ2) is 6.65. The van der Waals surface area contributed by atoms with Crippen LogP contribution >= 0.6 is 0 Å². The summed E-state index contributed by atoms with van der Waals surface area (Å²) in [6, 6.07) is 22.0. The average molecular weight is 311 g/mol. The van der Waals surface area contributed by atoms with Crippen LogP contribution in [0.4, 0.5) is 0 Å². The molecule has 0 aromatic heterocycles. The van der Waals surface area contributed by atoms with Gasteiger partial charge in [0.2, 0.25) is 0 Å². The fraction of sp³-hybridized carbons (Fsp3) is 0.208. The van der Waals surface area contributed by atoms with Gasteiger partial charge in [0, 0.05) is 6.42 Å². The summed E-state index contributed by atoms with van der Waals surface area (Å²) < 4.78 is 0. The normalized spacial score (nSPS) is 13.1. The van der Waals surface area contributed by atoms with Crippen molar-refractivity contribution in [3.8, 4) is 11.1 Å². The lowest BCUT2D eigenvalue weighted by Crippen LogP contribution is -1.87. The van der Waals surface area contributed by atoms with Crippen LogP contribution in [-0.2, 0) is 0 Å². The molecule has 3 aromatic rings. The van der Waals surface area contributed by atoms with Crippen LogP contribution < -0.4 is 0 Å². The summed E-state index contributed by atoms with van der Waals surface area (Å²) in [6.07, 6.45) is 9.86. The van der Waals surface area contributed by atoms with Crippen molar-refractivity contribution in [1.82, 2.24) is 0 Å². The van der Waals surface area contributed by atoms with Gasteiger partial charge in [-0.3, -0.25) is 0 Å². The van der Waals surface area contributed by atoms with Crippen LogP contribution in [0.1, 0.15) is 43.7 Å². The van der Waals surface area contributed by atoms with E-state index in [0.29, 0.717) is 0 Å². The summed E-state index contributed by atoms with van der Waals surface area (Å²) in [5.74, 6) is 0. The smallest absolute Gasteiger partial charge is 0.0164 e. The van der Waals surface area contributed by atoms with Crippen LogP contribution in [0.5, 0.6) is 0 Å². The highest BCUT2D eigenvalue weighted by atomic mass is 14.2. The fourth-order valence-corrected chi connectivity index (χ4v) is 3.72. The minimum atomic E-state index is 1.19. The first-order valence-corrected chi connectivity index (χ1v) is 9.03. The number of hydrogen-bond donors (Lipinski definition) is 0. The number of rotatable bonds is 5. The van der Waals surface area contributed by atoms with Gasteiger partial charge in [-0.05, 0) is 45.9 Å². The zero-order chi connectivity index (χ0) is 16.4. The monoisotopic (exact) mass is 311 g/mol. The predicted molar refractivity (Wildman–Crippen MR) is 105 cm³/mol. The van der Waals surface area contributed by atoms with Gasteiger partial charge in [-0.25, -0.2) is 0 Å². The molecule has 0 saturated carbocycles. The van der Waals surface area contributed by atoms with Crippen molar-refractivity contribution in [2.45, 2.75) is 32.6 Å². The van der Waals surface area contributed by atoms with Gasteiger partial charge in [-0.15, -0.1) is 0 Å². The van der Waals surface area contributed by atoms with Gasteiger partial charge in [0.1, 0.15) is 0 Å². The van der Waals surface area contributed by atoms with Crippen LogP contribution in [0.2, 0.25) is 0 Å². The molecule has 0 bridgehead atoms. The maximum Gasteiger partial charge on any atom is 0.0164 e. The average Bonchev–Trinajstić information content (AvgIpc) is 3.04. The fourth-order valence-electron chi connectivity index (χ4n) is 3.72. The van der Waals surface area contributed by atoms with E-state index in [1.54, 1.807) is 0 Å². The Morgan fingerprint density at radius 2 is 1.54 bits per heavy atom. The molecule has 119 valence electrons. The van der Waals surface area contributed by atoms with E-state index in [1.807, 2.05) is 0 Å². The van der Waals surface area contributed by atoms with Crippen molar-refractivity contribution in [1.29, 1.82) is 0 Å². The molecule has 0 heteroatoms. The van der Waals surface area contributed by atoms with Crippen molar-refractivity contribution in [3.63, 3.8) is 0 Å². The molecule has 0 aliphatic heterocycles. The van der Waals surface area contributed by atoms with Crippen LogP contribution in [0.15, 0.2) is 66.2 Å². The lowest BCUT2D eigenvalue weighted by atomic mass is 9.93. The Labute approximate surface area is 144 Å². The second-order valence-corrected chi connectivity index (χ2v) is 6.66. The minimum Gasteiger partial charge on any atom is -0.0654 e. The Bertz CT molecular complexity index is 894. The number of hydrogen-bond acceptors (Lipinski definition) is 0. The lowest BCUT2D eigenvalue weighted by molar-refractivity contribution is 0.719. The summed E-state index contributed by atoms with van der Waals surface area (Å²) >= 11 is 0. The molecule has 1 aliphatic carbocycles. The molecular weight excluding hydrogens is 288 g/mol. The predicted octanol–water partition coefficient (Wildman–Crippen LogP) is 7.04. The van der Waals surface area contributed by atoms with Gasteiger partial charge in [0.15, 0.2) is 0 Å².